The van der Waals surface area contributed by atoms with E-state index in [2.05, 4.69) is 25.3 Å². The van der Waals surface area contributed by atoms with Gasteiger partial charge in [0, 0.05) is 23.0 Å². The van der Waals surface area contributed by atoms with Crippen molar-refractivity contribution in [2.75, 3.05) is 0 Å². The molecule has 0 saturated heterocycles. The SMILES string of the molecule is O=c1onc(-c2ncccn2)n1Cc1nc(-c2cccc(Cl)c2)no1. The first-order valence-electron chi connectivity index (χ1n) is 7.13. The molecule has 0 aliphatic carbocycles. The molecule has 0 saturated carbocycles. The molecule has 0 fully saturated rings. The van der Waals surface area contributed by atoms with Crippen LogP contribution in [0, 0.1) is 0 Å². The van der Waals surface area contributed by atoms with E-state index in [1.165, 1.54) is 17.0 Å². The molecular formula is C15H9ClN6O3. The van der Waals surface area contributed by atoms with Crippen molar-refractivity contribution in [2.24, 2.45) is 0 Å². The molecule has 124 valence electrons. The van der Waals surface area contributed by atoms with E-state index in [1.807, 2.05) is 0 Å². The molecule has 9 nitrogen and oxygen atoms in total. The summed E-state index contributed by atoms with van der Waals surface area (Å²) in [6.45, 7) is -0.0243. The zero-order valence-electron chi connectivity index (χ0n) is 12.5. The van der Waals surface area contributed by atoms with Crippen molar-refractivity contribution in [3.05, 3.63) is 64.2 Å². The number of hydrogen-bond acceptors (Lipinski definition) is 8. The molecule has 0 amide bonds. The van der Waals surface area contributed by atoms with Crippen molar-refractivity contribution in [3.63, 3.8) is 0 Å². The van der Waals surface area contributed by atoms with Crippen LogP contribution in [-0.2, 0) is 6.54 Å². The van der Waals surface area contributed by atoms with Gasteiger partial charge >= 0.3 is 5.76 Å². The van der Waals surface area contributed by atoms with Gasteiger partial charge in [-0.1, -0.05) is 34.0 Å². The van der Waals surface area contributed by atoms with Crippen molar-refractivity contribution in [1.29, 1.82) is 0 Å². The summed E-state index contributed by atoms with van der Waals surface area (Å²) in [4.78, 5) is 24.3. The highest BCUT2D eigenvalue weighted by Crippen LogP contribution is 2.20. The Balaban J connectivity index is 1.66. The number of halogens is 1. The molecule has 25 heavy (non-hydrogen) atoms. The van der Waals surface area contributed by atoms with Crippen LogP contribution in [0.3, 0.4) is 0 Å². The van der Waals surface area contributed by atoms with Crippen LogP contribution in [0.25, 0.3) is 23.0 Å². The normalized spacial score (nSPS) is 10.9. The van der Waals surface area contributed by atoms with E-state index in [9.17, 15) is 4.79 Å². The Morgan fingerprint density at radius 1 is 1.04 bits per heavy atom. The third kappa shape index (κ3) is 3.04. The standard InChI is InChI=1S/C15H9ClN6O3/c16-10-4-1-3-9(7-10)12-19-11(24-20-12)8-22-14(21-25-15(22)23)13-17-5-2-6-18-13/h1-7H,8H2. The summed E-state index contributed by atoms with van der Waals surface area (Å²) in [6, 6.07) is 8.69. The molecular weight excluding hydrogens is 348 g/mol. The molecule has 0 aliphatic heterocycles. The van der Waals surface area contributed by atoms with Gasteiger partial charge < -0.3 is 4.52 Å². The van der Waals surface area contributed by atoms with Crippen molar-refractivity contribution in [3.8, 4) is 23.0 Å². The number of rotatable bonds is 4. The minimum atomic E-state index is -0.676. The van der Waals surface area contributed by atoms with Gasteiger partial charge in [-0.05, 0) is 18.2 Å². The maximum absolute atomic E-state index is 11.9. The molecule has 0 aliphatic rings. The highest BCUT2D eigenvalue weighted by Gasteiger charge is 2.18. The Kier molecular flexibility index (Phi) is 3.82. The average Bonchev–Trinajstić information content (AvgIpc) is 3.24. The quantitative estimate of drug-likeness (QED) is 0.546. The van der Waals surface area contributed by atoms with E-state index in [0.29, 0.717) is 16.4 Å². The van der Waals surface area contributed by atoms with Gasteiger partial charge in [-0.15, -0.1) is 0 Å². The summed E-state index contributed by atoms with van der Waals surface area (Å²) in [5.41, 5.74) is 0.701. The lowest BCUT2D eigenvalue weighted by molar-refractivity contribution is 0.354. The summed E-state index contributed by atoms with van der Waals surface area (Å²) in [6.07, 6.45) is 3.07. The largest absolute Gasteiger partial charge is 0.442 e. The lowest BCUT2D eigenvalue weighted by atomic mass is 10.2. The van der Waals surface area contributed by atoms with Crippen molar-refractivity contribution < 1.29 is 9.05 Å². The molecule has 3 heterocycles. The zero-order valence-corrected chi connectivity index (χ0v) is 13.3. The minimum absolute atomic E-state index is 0.0243. The predicted octanol–water partition coefficient (Wildman–Crippen LogP) is 2.04. The van der Waals surface area contributed by atoms with Crippen molar-refractivity contribution >= 4 is 11.6 Å². The Hall–Kier alpha value is -3.33. The topological polar surface area (TPSA) is 113 Å². The summed E-state index contributed by atoms with van der Waals surface area (Å²) in [5.74, 6) is 0.318. The first-order valence-corrected chi connectivity index (χ1v) is 7.51. The number of nitrogens with zero attached hydrogens (tertiary/aromatic N) is 6. The highest BCUT2D eigenvalue weighted by molar-refractivity contribution is 6.30. The molecule has 4 rings (SSSR count). The molecule has 0 bridgehead atoms. The molecule has 0 atom stereocenters. The van der Waals surface area contributed by atoms with Crippen LogP contribution in [0.5, 0.6) is 0 Å². The Bertz CT molecular complexity index is 1070. The van der Waals surface area contributed by atoms with Crippen LogP contribution in [0.1, 0.15) is 5.89 Å². The minimum Gasteiger partial charge on any atom is -0.337 e. The van der Waals surface area contributed by atoms with E-state index in [4.69, 9.17) is 20.6 Å². The molecule has 10 heteroatoms. The lowest BCUT2D eigenvalue weighted by Gasteiger charge is -1.99. The Morgan fingerprint density at radius 3 is 2.68 bits per heavy atom. The predicted molar refractivity (Wildman–Crippen MR) is 85.6 cm³/mol. The molecule has 1 aromatic carbocycles. The van der Waals surface area contributed by atoms with E-state index in [0.717, 1.165) is 0 Å². The van der Waals surface area contributed by atoms with Crippen LogP contribution in [0.4, 0.5) is 0 Å². The maximum Gasteiger partial charge on any atom is 0.442 e. The third-order valence-electron chi connectivity index (χ3n) is 3.30. The molecule has 0 radical (unpaired) electrons. The monoisotopic (exact) mass is 356 g/mol. The summed E-state index contributed by atoms with van der Waals surface area (Å²) >= 11 is 5.96. The van der Waals surface area contributed by atoms with Crippen molar-refractivity contribution in [1.82, 2.24) is 29.8 Å². The summed E-state index contributed by atoms with van der Waals surface area (Å²) in [7, 11) is 0. The highest BCUT2D eigenvalue weighted by atomic mass is 35.5. The Labute approximate surface area is 144 Å². The van der Waals surface area contributed by atoms with E-state index in [1.54, 1.807) is 30.3 Å². The van der Waals surface area contributed by atoms with Crippen LogP contribution in [-0.4, -0.2) is 29.8 Å². The summed E-state index contributed by atoms with van der Waals surface area (Å²) < 4.78 is 11.1. The zero-order chi connectivity index (χ0) is 17.2. The van der Waals surface area contributed by atoms with Gasteiger partial charge in [0.25, 0.3) is 0 Å². The summed E-state index contributed by atoms with van der Waals surface area (Å²) in [5, 5.41) is 8.16. The molecule has 0 N–H and O–H groups in total. The van der Waals surface area contributed by atoms with Gasteiger partial charge in [0.1, 0.15) is 6.54 Å². The van der Waals surface area contributed by atoms with Crippen LogP contribution in [0.2, 0.25) is 5.02 Å². The van der Waals surface area contributed by atoms with Gasteiger partial charge in [-0.25, -0.2) is 19.3 Å². The van der Waals surface area contributed by atoms with Gasteiger partial charge in [-0.2, -0.15) is 4.98 Å². The molecule has 0 spiro atoms. The average molecular weight is 357 g/mol. The van der Waals surface area contributed by atoms with Crippen LogP contribution < -0.4 is 5.76 Å². The second-order valence-corrected chi connectivity index (χ2v) is 5.39. The van der Waals surface area contributed by atoms with Crippen LogP contribution >= 0.6 is 11.6 Å². The van der Waals surface area contributed by atoms with Gasteiger partial charge in [0.15, 0.2) is 5.82 Å². The fraction of sp³-hybridized carbons (Fsp3) is 0.0667. The molecule has 4 aromatic rings. The van der Waals surface area contributed by atoms with E-state index >= 15 is 0 Å². The van der Waals surface area contributed by atoms with Gasteiger partial charge in [0.05, 0.1) is 0 Å². The fourth-order valence-corrected chi connectivity index (χ4v) is 2.37. The first-order chi connectivity index (χ1) is 12.2. The molecule has 3 aromatic heterocycles. The third-order valence-corrected chi connectivity index (χ3v) is 3.53. The van der Waals surface area contributed by atoms with E-state index in [-0.39, 0.29) is 24.1 Å². The maximum atomic E-state index is 11.9. The number of hydrogen-bond donors (Lipinski definition) is 0. The Morgan fingerprint density at radius 2 is 1.88 bits per heavy atom. The van der Waals surface area contributed by atoms with Crippen LogP contribution in [0.15, 0.2) is 56.6 Å². The number of benzene rings is 1. The number of aromatic nitrogens is 6. The second-order valence-electron chi connectivity index (χ2n) is 4.95. The first kappa shape index (κ1) is 15.2. The van der Waals surface area contributed by atoms with Crippen molar-refractivity contribution in [2.45, 2.75) is 6.54 Å². The lowest BCUT2D eigenvalue weighted by Crippen LogP contribution is -2.17. The van der Waals surface area contributed by atoms with Gasteiger partial charge in [0.2, 0.25) is 17.5 Å². The second kappa shape index (κ2) is 6.29. The van der Waals surface area contributed by atoms with Gasteiger partial charge in [-0.3, -0.25) is 4.52 Å². The fourth-order valence-electron chi connectivity index (χ4n) is 2.18. The smallest absolute Gasteiger partial charge is 0.337 e. The van der Waals surface area contributed by atoms with E-state index < -0.39 is 5.76 Å². The molecule has 0 unspecified atom stereocenters.